The lowest BCUT2D eigenvalue weighted by Gasteiger charge is -2.26. The summed E-state index contributed by atoms with van der Waals surface area (Å²) >= 11 is 0. The van der Waals surface area contributed by atoms with Gasteiger partial charge in [0.05, 0.1) is 12.6 Å². The molecule has 1 heterocycles. The van der Waals surface area contributed by atoms with Crippen LogP contribution in [0.2, 0.25) is 1.41 Å². The van der Waals surface area contributed by atoms with E-state index in [9.17, 15) is 14.4 Å². The number of carbonyl (C=O) groups is 3. The van der Waals surface area contributed by atoms with Gasteiger partial charge in [0.15, 0.2) is 1.41 Å². The summed E-state index contributed by atoms with van der Waals surface area (Å²) in [5.74, 6) is -1.26. The maximum Gasteiger partial charge on any atom is 0.247 e. The molecule has 3 amide bonds. The van der Waals surface area contributed by atoms with Gasteiger partial charge in [0.2, 0.25) is 17.7 Å². The summed E-state index contributed by atoms with van der Waals surface area (Å²) in [4.78, 5) is 40.1. The fraction of sp³-hybridized carbons (Fsp3) is 0.423. The average Bonchev–Trinajstić information content (AvgIpc) is 3.53. The third-order valence-electron chi connectivity index (χ3n) is 6.64. The van der Waals surface area contributed by atoms with Gasteiger partial charge in [0.1, 0.15) is 6.04 Å². The molecule has 1 aliphatic heterocycles. The quantitative estimate of drug-likeness (QED) is 0.465. The first-order valence-electron chi connectivity index (χ1n) is 12.4. The van der Waals surface area contributed by atoms with E-state index in [0.29, 0.717) is 18.5 Å². The van der Waals surface area contributed by atoms with E-state index in [1.165, 1.54) is 16.0 Å². The highest BCUT2D eigenvalue weighted by atomic mass is 16.2. The molecule has 2 aromatic rings. The van der Waals surface area contributed by atoms with E-state index >= 15 is 0 Å². The first kappa shape index (κ1) is 22.6. The zero-order valence-corrected chi connectivity index (χ0v) is 19.3. The van der Waals surface area contributed by atoms with Gasteiger partial charge in [-0.3, -0.25) is 14.4 Å². The van der Waals surface area contributed by atoms with E-state index in [-0.39, 0.29) is 31.3 Å². The third-order valence-corrected chi connectivity index (χ3v) is 6.64. The number of nitrogens with one attached hydrogen (secondary N) is 2. The summed E-state index contributed by atoms with van der Waals surface area (Å²) in [6.45, 7) is -0.244. The number of benzene rings is 2. The molecule has 1 aliphatic carbocycles. The minimum Gasteiger partial charge on any atom is -0.350 e. The second kappa shape index (κ2) is 10.8. The molecule has 2 aliphatic rings. The van der Waals surface area contributed by atoms with Gasteiger partial charge in [-0.15, -0.1) is 0 Å². The molecule has 1 fully saturated rings. The van der Waals surface area contributed by atoms with E-state index in [1.54, 1.807) is 0 Å². The second-order valence-electron chi connectivity index (χ2n) is 9.08. The lowest BCUT2D eigenvalue weighted by atomic mass is 10.0. The Bertz CT molecular complexity index is 1080. The van der Waals surface area contributed by atoms with Gasteiger partial charge in [0.25, 0.3) is 0 Å². The Kier molecular flexibility index (Phi) is 7.16. The zero-order chi connectivity index (χ0) is 24.9. The standard InChI is InChI=1S/C26H33N5O3/c27-15-24(32)29-21-14-23(25(33)30-20-11-10-18-7-4-8-19(18)13-20)31(16-21)26(34)22(28)12-9-17-5-2-1-3-6-17/h1-3,5-6,10-11,13,21-23H,4,7-9,12,14-16,27-28H2,(H,29,32)(H,30,33)/t21-,22+,23+/m1/s1/i/hD. The summed E-state index contributed by atoms with van der Waals surface area (Å²) in [5, 5.41) is 3.73. The van der Waals surface area contributed by atoms with Gasteiger partial charge < -0.3 is 27.0 Å². The molecular weight excluding hydrogens is 430 g/mol. The molecule has 0 bridgehead atoms. The van der Waals surface area contributed by atoms with Crippen LogP contribution in [0.3, 0.4) is 0 Å². The molecule has 1 saturated heterocycles. The normalized spacial score (nSPS) is 20.4. The predicted molar refractivity (Wildman–Crippen MR) is 131 cm³/mol. The summed E-state index contributed by atoms with van der Waals surface area (Å²) in [7, 11) is 0. The van der Waals surface area contributed by atoms with Crippen LogP contribution in [-0.4, -0.2) is 53.8 Å². The predicted octanol–water partition coefficient (Wildman–Crippen LogP) is 1.12. The molecule has 3 atom stereocenters. The fourth-order valence-electron chi connectivity index (χ4n) is 4.83. The molecule has 0 aromatic heterocycles. The number of amides is 3. The van der Waals surface area contributed by atoms with Crippen LogP contribution in [0.25, 0.3) is 0 Å². The molecule has 2 aromatic carbocycles. The minimum atomic E-state index is -0.832. The molecule has 0 spiro atoms. The van der Waals surface area contributed by atoms with Crippen molar-refractivity contribution < 1.29 is 15.8 Å². The molecule has 6 N–H and O–H groups in total. The molecule has 34 heavy (non-hydrogen) atoms. The number of likely N-dealkylation sites (tertiary alicyclic amines) is 1. The van der Waals surface area contributed by atoms with E-state index in [0.717, 1.165) is 30.1 Å². The molecule has 0 unspecified atom stereocenters. The Morgan fingerprint density at radius 2 is 1.88 bits per heavy atom. The van der Waals surface area contributed by atoms with Gasteiger partial charge in [-0.2, -0.15) is 0 Å². The van der Waals surface area contributed by atoms with Gasteiger partial charge in [-0.25, -0.2) is 0 Å². The number of aryl methyl sites for hydroxylation is 3. The topological polar surface area (TPSA) is 131 Å². The Morgan fingerprint density at radius 1 is 1.12 bits per heavy atom. The first-order valence-corrected chi connectivity index (χ1v) is 11.9. The summed E-state index contributed by atoms with van der Waals surface area (Å²) in [5.41, 5.74) is 16.0. The number of nitrogens with two attached hydrogens (primary N) is 2. The zero-order valence-electron chi connectivity index (χ0n) is 20.3. The van der Waals surface area contributed by atoms with Gasteiger partial charge >= 0.3 is 0 Å². The molecule has 8 nitrogen and oxygen atoms in total. The summed E-state index contributed by atoms with van der Waals surface area (Å²) in [6, 6.07) is 13.4. The number of fused-ring (bicyclic) bond motifs is 1. The lowest BCUT2D eigenvalue weighted by molar-refractivity contribution is -0.137. The molecule has 8 heteroatoms. The van der Waals surface area contributed by atoms with Gasteiger partial charge in [-0.05, 0) is 67.3 Å². The maximum atomic E-state index is 13.3. The van der Waals surface area contributed by atoms with Crippen molar-refractivity contribution in [2.75, 3.05) is 18.4 Å². The monoisotopic (exact) mass is 464 g/mol. The average molecular weight is 465 g/mol. The van der Waals surface area contributed by atoms with Crippen molar-refractivity contribution in [3.63, 3.8) is 0 Å². The van der Waals surface area contributed by atoms with Crippen molar-refractivity contribution in [1.29, 1.82) is 0 Å². The van der Waals surface area contributed by atoms with Crippen molar-refractivity contribution in [3.8, 4) is 0 Å². The largest absolute Gasteiger partial charge is 0.350 e. The van der Waals surface area contributed by atoms with Gasteiger partial charge in [-0.1, -0.05) is 36.4 Å². The highest BCUT2D eigenvalue weighted by molar-refractivity contribution is 5.98. The maximum absolute atomic E-state index is 13.3. The van der Waals surface area contributed by atoms with Crippen molar-refractivity contribution in [2.24, 2.45) is 11.5 Å². The van der Waals surface area contributed by atoms with E-state index in [4.69, 9.17) is 12.9 Å². The van der Waals surface area contributed by atoms with E-state index in [2.05, 4.69) is 5.32 Å². The van der Waals surface area contributed by atoms with Crippen molar-refractivity contribution in [1.82, 2.24) is 10.2 Å². The number of anilines is 1. The number of carbonyl (C=O) groups excluding carboxylic acids is 3. The first-order chi connectivity index (χ1) is 16.9. The lowest BCUT2D eigenvalue weighted by Crippen LogP contribution is -2.50. The minimum absolute atomic E-state index is 0.0649. The highest BCUT2D eigenvalue weighted by Gasteiger charge is 2.41. The molecule has 180 valence electrons. The number of rotatable bonds is 8. The highest BCUT2D eigenvalue weighted by Crippen LogP contribution is 2.26. The van der Waals surface area contributed by atoms with Crippen molar-refractivity contribution >= 4 is 23.4 Å². The van der Waals surface area contributed by atoms with Crippen LogP contribution in [0.1, 0.15) is 36.0 Å². The van der Waals surface area contributed by atoms with Crippen LogP contribution >= 0.6 is 0 Å². The molecule has 4 rings (SSSR count). The Labute approximate surface area is 201 Å². The SMILES string of the molecule is [2H]N(C(=O)CN)[C@@H]1C[C@@H](C(=O)Nc2ccc3c(c2)CCC3)N(C(=O)[C@@H](N)CCc2ccccc2)C1. The Balaban J connectivity index is 1.48. The van der Waals surface area contributed by atoms with Crippen LogP contribution in [0.5, 0.6) is 0 Å². The van der Waals surface area contributed by atoms with Crippen LogP contribution in [-0.2, 0) is 33.6 Å². The number of nitrogens with zero attached hydrogens (tertiary/aromatic N) is 1. The van der Waals surface area contributed by atoms with Crippen LogP contribution < -0.4 is 22.1 Å². The molecule has 0 saturated carbocycles. The number of hydrogen-bond acceptors (Lipinski definition) is 5. The smallest absolute Gasteiger partial charge is 0.247 e. The molecular formula is C26H33N5O3. The number of hydrogen-bond donors (Lipinski definition) is 4. The summed E-state index contributed by atoms with van der Waals surface area (Å²) in [6.07, 6.45) is 4.35. The van der Waals surface area contributed by atoms with E-state index in [1.807, 2.05) is 48.5 Å². The molecule has 0 radical (unpaired) electrons. The summed E-state index contributed by atoms with van der Waals surface area (Å²) < 4.78 is 8.15. The fourth-order valence-corrected chi connectivity index (χ4v) is 4.83. The van der Waals surface area contributed by atoms with Crippen LogP contribution in [0, 0.1) is 0 Å². The Morgan fingerprint density at radius 3 is 2.65 bits per heavy atom. The van der Waals surface area contributed by atoms with Crippen LogP contribution in [0.4, 0.5) is 5.69 Å². The van der Waals surface area contributed by atoms with Crippen LogP contribution in [0.15, 0.2) is 48.5 Å². The van der Waals surface area contributed by atoms with Gasteiger partial charge in [0, 0.05) is 18.3 Å². The van der Waals surface area contributed by atoms with E-state index < -0.39 is 24.0 Å². The Hall–Kier alpha value is -3.23. The third kappa shape index (κ3) is 5.63. The second-order valence-corrected chi connectivity index (χ2v) is 9.08. The van der Waals surface area contributed by atoms with Crippen molar-refractivity contribution in [2.45, 2.75) is 56.7 Å². The van der Waals surface area contributed by atoms with Crippen molar-refractivity contribution in [3.05, 3.63) is 65.2 Å².